The third-order valence-electron chi connectivity index (χ3n) is 1.86. The number of benzene rings is 1. The molecule has 0 aliphatic carbocycles. The predicted molar refractivity (Wildman–Crippen MR) is 60.5 cm³/mol. The zero-order valence-corrected chi connectivity index (χ0v) is 9.12. The second-order valence-corrected chi connectivity index (χ2v) is 3.20. The highest BCUT2D eigenvalue weighted by atomic mass is 16.2. The minimum atomic E-state index is -0.413. The van der Waals surface area contributed by atoms with Crippen molar-refractivity contribution >= 4 is 11.9 Å². The van der Waals surface area contributed by atoms with Gasteiger partial charge in [-0.15, -0.1) is 0 Å². The maximum Gasteiger partial charge on any atom is 0.333 e. The second-order valence-electron chi connectivity index (χ2n) is 3.20. The van der Waals surface area contributed by atoms with Crippen LogP contribution in [0.25, 0.3) is 0 Å². The summed E-state index contributed by atoms with van der Waals surface area (Å²) < 4.78 is 0. The zero-order valence-electron chi connectivity index (χ0n) is 9.12. The normalized spacial score (nSPS) is 9.31. The van der Waals surface area contributed by atoms with Crippen LogP contribution >= 0.6 is 0 Å². The topological polar surface area (TPSA) is 70.2 Å². The van der Waals surface area contributed by atoms with Crippen molar-refractivity contribution in [1.82, 2.24) is 16.2 Å². The summed E-state index contributed by atoms with van der Waals surface area (Å²) in [6.45, 7) is 2.31. The first-order valence-electron chi connectivity index (χ1n) is 5.09. The van der Waals surface area contributed by atoms with Crippen molar-refractivity contribution < 1.29 is 9.59 Å². The average molecular weight is 221 g/mol. The molecule has 0 radical (unpaired) electrons. The molecule has 1 aromatic carbocycles. The molecule has 0 aliphatic heterocycles. The molecule has 16 heavy (non-hydrogen) atoms. The Hall–Kier alpha value is -2.04. The highest BCUT2D eigenvalue weighted by molar-refractivity contribution is 5.82. The van der Waals surface area contributed by atoms with Gasteiger partial charge in [-0.1, -0.05) is 30.3 Å². The first-order valence-corrected chi connectivity index (χ1v) is 5.09. The number of rotatable bonds is 3. The number of carbonyl (C=O) groups is 2. The first kappa shape index (κ1) is 12.0. The zero-order chi connectivity index (χ0) is 11.8. The third kappa shape index (κ3) is 4.45. The molecule has 0 saturated carbocycles. The maximum atomic E-state index is 11.4. The number of amides is 3. The predicted octanol–water partition coefficient (Wildman–Crippen LogP) is 0.579. The molecule has 1 aromatic rings. The molecule has 0 aliphatic rings. The molecule has 0 unspecified atom stereocenters. The van der Waals surface area contributed by atoms with E-state index in [1.54, 1.807) is 6.92 Å². The van der Waals surface area contributed by atoms with Crippen LogP contribution in [0, 0.1) is 0 Å². The Bertz CT molecular complexity index is 352. The van der Waals surface area contributed by atoms with Crippen LogP contribution in [0.5, 0.6) is 0 Å². The summed E-state index contributed by atoms with van der Waals surface area (Å²) in [5, 5.41) is 2.50. The molecule has 0 fully saturated rings. The lowest BCUT2D eigenvalue weighted by Crippen LogP contribution is -2.47. The number of hydrogen-bond acceptors (Lipinski definition) is 2. The van der Waals surface area contributed by atoms with E-state index in [0.29, 0.717) is 6.54 Å². The Morgan fingerprint density at radius 1 is 1.12 bits per heavy atom. The number of hydrogen-bond donors (Lipinski definition) is 3. The highest BCUT2D eigenvalue weighted by Gasteiger charge is 2.03. The van der Waals surface area contributed by atoms with Gasteiger partial charge in [0.2, 0.25) is 5.91 Å². The summed E-state index contributed by atoms with van der Waals surface area (Å²) in [6, 6.07) is 8.90. The third-order valence-corrected chi connectivity index (χ3v) is 1.86. The van der Waals surface area contributed by atoms with Crippen LogP contribution in [0.4, 0.5) is 4.79 Å². The van der Waals surface area contributed by atoms with Crippen molar-refractivity contribution in [2.24, 2.45) is 0 Å². The van der Waals surface area contributed by atoms with Crippen LogP contribution in [0.15, 0.2) is 30.3 Å². The number of carbonyl (C=O) groups excluding carboxylic acids is 2. The summed E-state index contributed by atoms with van der Waals surface area (Å²) in [5.74, 6) is -0.252. The lowest BCUT2D eigenvalue weighted by atomic mass is 10.1. The smallest absolute Gasteiger partial charge is 0.333 e. The van der Waals surface area contributed by atoms with Crippen LogP contribution in [0.3, 0.4) is 0 Å². The largest absolute Gasteiger partial charge is 0.337 e. The molecule has 3 N–H and O–H groups in total. The van der Waals surface area contributed by atoms with Gasteiger partial charge in [0.1, 0.15) is 0 Å². The van der Waals surface area contributed by atoms with Gasteiger partial charge in [0.15, 0.2) is 0 Å². The van der Waals surface area contributed by atoms with Crippen molar-refractivity contribution in [3.8, 4) is 0 Å². The van der Waals surface area contributed by atoms with Gasteiger partial charge < -0.3 is 5.32 Å². The van der Waals surface area contributed by atoms with Crippen LogP contribution in [0.2, 0.25) is 0 Å². The lowest BCUT2D eigenvalue weighted by Gasteiger charge is -2.07. The fourth-order valence-corrected chi connectivity index (χ4v) is 1.16. The summed E-state index contributed by atoms with van der Waals surface area (Å²) in [7, 11) is 0. The van der Waals surface area contributed by atoms with Crippen molar-refractivity contribution in [3.63, 3.8) is 0 Å². The Labute approximate surface area is 94.2 Å². The van der Waals surface area contributed by atoms with Crippen LogP contribution < -0.4 is 16.2 Å². The van der Waals surface area contributed by atoms with Crippen LogP contribution in [-0.4, -0.2) is 18.5 Å². The van der Waals surface area contributed by atoms with E-state index in [4.69, 9.17) is 0 Å². The molecule has 1 rings (SSSR count). The van der Waals surface area contributed by atoms with Gasteiger partial charge in [-0.3, -0.25) is 10.2 Å². The summed E-state index contributed by atoms with van der Waals surface area (Å²) in [4.78, 5) is 22.3. The molecular weight excluding hydrogens is 206 g/mol. The SMILES string of the molecule is CCNC(=O)NNC(=O)Cc1ccccc1. The fraction of sp³-hybridized carbons (Fsp3) is 0.273. The molecular formula is C11H15N3O2. The number of nitrogens with one attached hydrogen (secondary N) is 3. The fourth-order valence-electron chi connectivity index (χ4n) is 1.16. The first-order chi connectivity index (χ1) is 7.72. The second kappa shape index (κ2) is 6.44. The lowest BCUT2D eigenvalue weighted by molar-refractivity contribution is -0.121. The van der Waals surface area contributed by atoms with Crippen LogP contribution in [-0.2, 0) is 11.2 Å². The molecule has 0 saturated heterocycles. The van der Waals surface area contributed by atoms with Gasteiger partial charge in [-0.05, 0) is 12.5 Å². The van der Waals surface area contributed by atoms with E-state index < -0.39 is 6.03 Å². The van der Waals surface area contributed by atoms with Gasteiger partial charge >= 0.3 is 6.03 Å². The Balaban J connectivity index is 2.29. The number of urea groups is 1. The molecule has 0 spiro atoms. The standard InChI is InChI=1S/C11H15N3O2/c1-2-12-11(16)14-13-10(15)8-9-6-4-3-5-7-9/h3-7H,2,8H2,1H3,(H,13,15)(H2,12,14,16). The number of hydrazine groups is 1. The van der Waals surface area contributed by atoms with E-state index >= 15 is 0 Å². The van der Waals surface area contributed by atoms with E-state index in [1.165, 1.54) is 0 Å². The van der Waals surface area contributed by atoms with Crippen molar-refractivity contribution in [2.45, 2.75) is 13.3 Å². The van der Waals surface area contributed by atoms with Gasteiger partial charge in [0.05, 0.1) is 6.42 Å². The van der Waals surface area contributed by atoms with E-state index in [-0.39, 0.29) is 12.3 Å². The van der Waals surface area contributed by atoms with E-state index in [2.05, 4.69) is 16.2 Å². The molecule has 86 valence electrons. The van der Waals surface area contributed by atoms with Crippen molar-refractivity contribution in [1.29, 1.82) is 0 Å². The van der Waals surface area contributed by atoms with Crippen LogP contribution in [0.1, 0.15) is 12.5 Å². The quantitative estimate of drug-likeness (QED) is 0.653. The minimum Gasteiger partial charge on any atom is -0.337 e. The maximum absolute atomic E-state index is 11.4. The Morgan fingerprint density at radius 2 is 1.81 bits per heavy atom. The summed E-state index contributed by atoms with van der Waals surface area (Å²) in [5.41, 5.74) is 5.47. The van der Waals surface area contributed by atoms with E-state index in [0.717, 1.165) is 5.56 Å². The molecule has 3 amide bonds. The molecule has 5 nitrogen and oxygen atoms in total. The van der Waals surface area contributed by atoms with Crippen molar-refractivity contribution in [3.05, 3.63) is 35.9 Å². The summed E-state index contributed by atoms with van der Waals surface area (Å²) >= 11 is 0. The summed E-state index contributed by atoms with van der Waals surface area (Å²) in [6.07, 6.45) is 0.243. The molecule has 0 bridgehead atoms. The van der Waals surface area contributed by atoms with E-state index in [9.17, 15) is 9.59 Å². The Kier molecular flexibility index (Phi) is 4.85. The average Bonchev–Trinajstić information content (AvgIpc) is 2.28. The van der Waals surface area contributed by atoms with E-state index in [1.807, 2.05) is 30.3 Å². The molecule has 0 heterocycles. The van der Waals surface area contributed by atoms with Crippen molar-refractivity contribution in [2.75, 3.05) is 6.54 Å². The van der Waals surface area contributed by atoms with Gasteiger partial charge in [0.25, 0.3) is 0 Å². The van der Waals surface area contributed by atoms with Gasteiger partial charge in [-0.2, -0.15) is 0 Å². The molecule has 0 atom stereocenters. The highest BCUT2D eigenvalue weighted by Crippen LogP contribution is 1.98. The Morgan fingerprint density at radius 3 is 2.44 bits per heavy atom. The minimum absolute atomic E-state index is 0.243. The molecule has 0 aromatic heterocycles. The molecule has 5 heteroatoms. The monoisotopic (exact) mass is 221 g/mol. The van der Waals surface area contributed by atoms with Gasteiger partial charge in [0, 0.05) is 6.54 Å². The van der Waals surface area contributed by atoms with Gasteiger partial charge in [-0.25, -0.2) is 10.2 Å².